The second-order valence-corrected chi connectivity index (χ2v) is 12.6. The standard InChI is InChI=1S/C33H27ClF2N2O7S/c1-19(31-25(34)7-4-8-27(31)36)13-20-9-12-29-28(14-20)38(46(42,43)24-10-11-26(35)30(16-24)44-2)18-23(45-29)17-37-32(39)21-5-3-6-22(15-21)33(40)41/h3-16,23H,17-18H2,1-2H3,(H,37,39)(H,40,41). The van der Waals surface area contributed by atoms with Crippen LogP contribution in [0.4, 0.5) is 14.5 Å². The Morgan fingerprint density at radius 2 is 1.78 bits per heavy atom. The topological polar surface area (TPSA) is 122 Å². The largest absolute Gasteiger partial charge is 0.494 e. The van der Waals surface area contributed by atoms with Crippen LogP contribution in [0.3, 0.4) is 0 Å². The molecule has 1 aliphatic rings. The maximum atomic E-state index is 14.6. The summed E-state index contributed by atoms with van der Waals surface area (Å²) in [5.74, 6) is -3.13. The van der Waals surface area contributed by atoms with Crippen molar-refractivity contribution in [3.63, 3.8) is 0 Å². The van der Waals surface area contributed by atoms with Gasteiger partial charge in [-0.1, -0.05) is 35.9 Å². The molecule has 9 nitrogen and oxygen atoms in total. The molecular weight excluding hydrogens is 642 g/mol. The molecule has 0 bridgehead atoms. The Bertz CT molecular complexity index is 1960. The fourth-order valence-electron chi connectivity index (χ4n) is 4.98. The fraction of sp³-hybridized carbons (Fsp3) is 0.152. The summed E-state index contributed by atoms with van der Waals surface area (Å²) < 4.78 is 69.0. The number of halogens is 3. The highest BCUT2D eigenvalue weighted by atomic mass is 35.5. The predicted molar refractivity (Wildman–Crippen MR) is 169 cm³/mol. The minimum Gasteiger partial charge on any atom is -0.494 e. The Balaban J connectivity index is 1.50. The van der Waals surface area contributed by atoms with Crippen molar-refractivity contribution in [3.8, 4) is 11.5 Å². The van der Waals surface area contributed by atoms with Crippen LogP contribution in [-0.4, -0.2) is 51.7 Å². The lowest BCUT2D eigenvalue weighted by Gasteiger charge is -2.36. The van der Waals surface area contributed by atoms with Crippen molar-refractivity contribution < 1.29 is 41.4 Å². The number of amides is 1. The van der Waals surface area contributed by atoms with E-state index in [9.17, 15) is 31.9 Å². The van der Waals surface area contributed by atoms with Gasteiger partial charge in [-0.2, -0.15) is 0 Å². The van der Waals surface area contributed by atoms with E-state index in [-0.39, 0.29) is 56.9 Å². The number of fused-ring (bicyclic) bond motifs is 1. The number of anilines is 1. The fourth-order valence-corrected chi connectivity index (χ4v) is 6.81. The number of sulfonamides is 1. The van der Waals surface area contributed by atoms with Crippen molar-refractivity contribution in [1.82, 2.24) is 5.32 Å². The molecule has 0 aromatic heterocycles. The third-order valence-electron chi connectivity index (χ3n) is 7.23. The van der Waals surface area contributed by atoms with E-state index < -0.39 is 39.6 Å². The molecule has 0 spiro atoms. The van der Waals surface area contributed by atoms with Gasteiger partial charge in [-0.15, -0.1) is 0 Å². The second-order valence-electron chi connectivity index (χ2n) is 10.3. The second kappa shape index (κ2) is 13.2. The van der Waals surface area contributed by atoms with Gasteiger partial charge in [0, 0.05) is 17.2 Å². The molecule has 0 aliphatic carbocycles. The molecule has 0 saturated heterocycles. The molecule has 1 unspecified atom stereocenters. The average molecular weight is 669 g/mol. The van der Waals surface area contributed by atoms with Gasteiger partial charge in [0.15, 0.2) is 11.6 Å². The van der Waals surface area contributed by atoms with E-state index in [2.05, 4.69) is 5.32 Å². The summed E-state index contributed by atoms with van der Waals surface area (Å²) in [7, 11) is -3.13. The lowest BCUT2D eigenvalue weighted by atomic mass is 10.0. The maximum absolute atomic E-state index is 14.6. The first-order valence-electron chi connectivity index (χ1n) is 13.8. The van der Waals surface area contributed by atoms with Crippen LogP contribution in [-0.2, 0) is 10.0 Å². The quantitative estimate of drug-likeness (QED) is 0.202. The van der Waals surface area contributed by atoms with Gasteiger partial charge in [-0.05, 0) is 72.7 Å². The molecule has 1 atom stereocenters. The first-order chi connectivity index (χ1) is 21.9. The van der Waals surface area contributed by atoms with E-state index in [1.165, 1.54) is 43.5 Å². The monoisotopic (exact) mass is 668 g/mol. The van der Waals surface area contributed by atoms with Gasteiger partial charge in [0.1, 0.15) is 17.7 Å². The van der Waals surface area contributed by atoms with E-state index >= 15 is 0 Å². The number of nitrogens with zero attached hydrogens (tertiary/aromatic N) is 1. The minimum absolute atomic E-state index is 0.0696. The number of benzene rings is 4. The smallest absolute Gasteiger partial charge is 0.335 e. The molecule has 1 aliphatic heterocycles. The number of hydrogen-bond donors (Lipinski definition) is 2. The summed E-state index contributed by atoms with van der Waals surface area (Å²) in [6.07, 6.45) is 0.769. The van der Waals surface area contributed by atoms with Gasteiger partial charge in [0.05, 0.1) is 41.4 Å². The summed E-state index contributed by atoms with van der Waals surface area (Å²) in [5.41, 5.74) is 1.39. The van der Waals surface area contributed by atoms with Crippen LogP contribution in [0.5, 0.6) is 11.5 Å². The van der Waals surface area contributed by atoms with Crippen LogP contribution in [0.15, 0.2) is 83.8 Å². The molecule has 1 heterocycles. The summed E-state index contributed by atoms with van der Waals surface area (Å²) in [5, 5.41) is 12.1. The van der Waals surface area contributed by atoms with E-state index in [1.807, 2.05) is 0 Å². The highest BCUT2D eigenvalue weighted by Gasteiger charge is 2.35. The number of carboxylic acids is 1. The number of methoxy groups -OCH3 is 1. The van der Waals surface area contributed by atoms with Crippen molar-refractivity contribution in [3.05, 3.63) is 118 Å². The average Bonchev–Trinajstić information content (AvgIpc) is 3.03. The molecule has 238 valence electrons. The summed E-state index contributed by atoms with van der Waals surface area (Å²) >= 11 is 6.24. The van der Waals surface area contributed by atoms with Crippen molar-refractivity contribution in [2.75, 3.05) is 24.5 Å². The minimum atomic E-state index is -4.35. The molecule has 5 rings (SSSR count). The molecule has 4 aromatic carbocycles. The molecule has 0 saturated carbocycles. The molecule has 0 radical (unpaired) electrons. The first-order valence-corrected chi connectivity index (χ1v) is 15.6. The Morgan fingerprint density at radius 3 is 2.50 bits per heavy atom. The number of carboxylic acid groups (broad SMARTS) is 1. The number of aromatic carboxylic acids is 1. The Kier molecular flexibility index (Phi) is 9.31. The Hall–Kier alpha value is -4.94. The normalized spacial score (nSPS) is 14.7. The zero-order chi connectivity index (χ0) is 33.2. The lowest BCUT2D eigenvalue weighted by molar-refractivity contribution is 0.0696. The van der Waals surface area contributed by atoms with Gasteiger partial charge >= 0.3 is 5.97 Å². The van der Waals surface area contributed by atoms with Crippen LogP contribution in [0.25, 0.3) is 11.6 Å². The molecule has 1 amide bonds. The van der Waals surface area contributed by atoms with E-state index in [0.717, 1.165) is 22.5 Å². The molecular formula is C33H27ClF2N2O7S. The number of rotatable bonds is 9. The molecule has 46 heavy (non-hydrogen) atoms. The Labute approximate surface area is 268 Å². The number of nitrogens with one attached hydrogen (secondary N) is 1. The van der Waals surface area contributed by atoms with Crippen molar-refractivity contribution in [2.45, 2.75) is 17.9 Å². The SMILES string of the molecule is COc1cc(S(=O)(=O)N2CC(CNC(=O)c3cccc(C(=O)O)c3)Oc3ccc(C=C(C)c4c(F)cccc4Cl)cc32)ccc1F. The summed E-state index contributed by atoms with van der Waals surface area (Å²) in [6.45, 7) is 1.28. The van der Waals surface area contributed by atoms with Gasteiger partial charge in [-0.3, -0.25) is 9.10 Å². The summed E-state index contributed by atoms with van der Waals surface area (Å²) in [4.78, 5) is 23.9. The molecule has 4 aromatic rings. The lowest BCUT2D eigenvalue weighted by Crippen LogP contribution is -2.48. The third kappa shape index (κ3) is 6.68. The first kappa shape index (κ1) is 32.5. The maximum Gasteiger partial charge on any atom is 0.335 e. The van der Waals surface area contributed by atoms with Gasteiger partial charge < -0.3 is 19.9 Å². The van der Waals surface area contributed by atoms with Crippen LogP contribution >= 0.6 is 11.6 Å². The predicted octanol–water partition coefficient (Wildman–Crippen LogP) is 6.27. The van der Waals surface area contributed by atoms with Crippen molar-refractivity contribution in [1.29, 1.82) is 0 Å². The number of carbonyl (C=O) groups excluding carboxylic acids is 1. The van der Waals surface area contributed by atoms with Crippen molar-refractivity contribution in [2.24, 2.45) is 0 Å². The van der Waals surface area contributed by atoms with Gasteiger partial charge in [-0.25, -0.2) is 22.0 Å². The highest BCUT2D eigenvalue weighted by molar-refractivity contribution is 7.92. The molecule has 2 N–H and O–H groups in total. The van der Waals surface area contributed by atoms with Crippen LogP contribution in [0.2, 0.25) is 5.02 Å². The molecule has 13 heteroatoms. The Morgan fingerprint density at radius 1 is 1.04 bits per heavy atom. The highest BCUT2D eigenvalue weighted by Crippen LogP contribution is 2.39. The zero-order valence-electron chi connectivity index (χ0n) is 24.5. The van der Waals surface area contributed by atoms with Crippen molar-refractivity contribution >= 4 is 50.8 Å². The number of carbonyl (C=O) groups is 2. The van der Waals surface area contributed by atoms with Gasteiger partial charge in [0.2, 0.25) is 0 Å². The zero-order valence-corrected chi connectivity index (χ0v) is 26.0. The van der Waals surface area contributed by atoms with Gasteiger partial charge in [0.25, 0.3) is 15.9 Å². The number of hydrogen-bond acceptors (Lipinski definition) is 6. The van der Waals surface area contributed by atoms with Crippen LogP contribution in [0.1, 0.15) is 38.8 Å². The van der Waals surface area contributed by atoms with Crippen LogP contribution < -0.4 is 19.1 Å². The van der Waals surface area contributed by atoms with E-state index in [4.69, 9.17) is 21.1 Å². The summed E-state index contributed by atoms with van der Waals surface area (Å²) in [6, 6.07) is 17.7. The van der Waals surface area contributed by atoms with E-state index in [0.29, 0.717) is 11.1 Å². The van der Waals surface area contributed by atoms with E-state index in [1.54, 1.807) is 37.3 Å². The van der Waals surface area contributed by atoms with Crippen LogP contribution in [0, 0.1) is 11.6 Å². The number of ether oxygens (including phenoxy) is 2. The number of allylic oxidation sites excluding steroid dienone is 1. The molecule has 0 fully saturated rings. The third-order valence-corrected chi connectivity index (χ3v) is 9.32.